The van der Waals surface area contributed by atoms with Crippen LogP contribution in [0.3, 0.4) is 0 Å². The minimum atomic E-state index is 0.850. The Labute approximate surface area is 213 Å². The first-order valence-corrected chi connectivity index (χ1v) is 12.1. The van der Waals surface area contributed by atoms with E-state index in [2.05, 4.69) is 86.2 Å². The summed E-state index contributed by atoms with van der Waals surface area (Å²) >= 11 is 0. The monoisotopic (exact) mass is 475 g/mol. The maximum absolute atomic E-state index is 5.10. The van der Waals surface area contributed by atoms with Gasteiger partial charge in [0.05, 0.1) is 22.8 Å². The van der Waals surface area contributed by atoms with E-state index < -0.39 is 0 Å². The van der Waals surface area contributed by atoms with Gasteiger partial charge in [0, 0.05) is 35.7 Å². The highest BCUT2D eigenvalue weighted by atomic mass is 15.0. The number of benzene rings is 2. The highest BCUT2D eigenvalue weighted by Gasteiger charge is 2.18. The molecule has 5 aromatic heterocycles. The molecular weight excluding hydrogens is 454 g/mol. The second-order valence-corrected chi connectivity index (χ2v) is 8.84. The van der Waals surface area contributed by atoms with Gasteiger partial charge in [0.15, 0.2) is 0 Å². The molecule has 7 rings (SSSR count). The van der Waals surface area contributed by atoms with Crippen molar-refractivity contribution in [2.45, 2.75) is 0 Å². The second-order valence-electron chi connectivity index (χ2n) is 8.84. The van der Waals surface area contributed by atoms with Crippen LogP contribution in [0.1, 0.15) is 0 Å². The Morgan fingerprint density at radius 1 is 0.514 bits per heavy atom. The van der Waals surface area contributed by atoms with Gasteiger partial charge in [0.25, 0.3) is 0 Å². The van der Waals surface area contributed by atoms with E-state index in [9.17, 15) is 0 Å². The molecule has 0 bridgehead atoms. The Morgan fingerprint density at radius 3 is 2.00 bits per heavy atom. The number of hydrogen-bond donors (Lipinski definition) is 0. The van der Waals surface area contributed by atoms with Crippen molar-refractivity contribution in [2.75, 3.05) is 0 Å². The molecule has 5 heteroatoms. The third-order valence-electron chi connectivity index (χ3n) is 6.60. The Morgan fingerprint density at radius 2 is 1.22 bits per heavy atom. The van der Waals surface area contributed by atoms with Gasteiger partial charge in [0.1, 0.15) is 11.3 Å². The summed E-state index contributed by atoms with van der Waals surface area (Å²) in [4.78, 5) is 18.7. The van der Waals surface area contributed by atoms with Crippen LogP contribution in [-0.2, 0) is 0 Å². The van der Waals surface area contributed by atoms with E-state index in [-0.39, 0.29) is 0 Å². The highest BCUT2D eigenvalue weighted by Crippen LogP contribution is 2.35. The van der Waals surface area contributed by atoms with E-state index in [1.54, 1.807) is 6.20 Å². The van der Waals surface area contributed by atoms with Crippen molar-refractivity contribution in [3.8, 4) is 45.2 Å². The number of pyridine rings is 4. The maximum atomic E-state index is 5.10. The first-order valence-electron chi connectivity index (χ1n) is 12.1. The number of aromatic nitrogens is 5. The fourth-order valence-electron chi connectivity index (χ4n) is 4.81. The average Bonchev–Trinajstić information content (AvgIpc) is 3.39. The third-order valence-corrected chi connectivity index (χ3v) is 6.60. The van der Waals surface area contributed by atoms with Crippen molar-refractivity contribution in [1.82, 2.24) is 24.3 Å². The lowest BCUT2D eigenvalue weighted by Crippen LogP contribution is -1.92. The van der Waals surface area contributed by atoms with Gasteiger partial charge in [0.2, 0.25) is 0 Å². The summed E-state index contributed by atoms with van der Waals surface area (Å²) in [6.07, 6.45) is 7.54. The molecule has 0 radical (unpaired) electrons. The van der Waals surface area contributed by atoms with Crippen LogP contribution < -0.4 is 0 Å². The fourth-order valence-corrected chi connectivity index (χ4v) is 4.81. The molecule has 0 spiro atoms. The summed E-state index contributed by atoms with van der Waals surface area (Å²) in [7, 11) is 0. The van der Waals surface area contributed by atoms with Crippen LogP contribution in [-0.4, -0.2) is 24.3 Å². The van der Waals surface area contributed by atoms with Crippen LogP contribution in [0.25, 0.3) is 61.6 Å². The van der Waals surface area contributed by atoms with E-state index in [1.807, 2.05) is 54.9 Å². The van der Waals surface area contributed by atoms with Crippen LogP contribution >= 0.6 is 0 Å². The summed E-state index contributed by atoms with van der Waals surface area (Å²) < 4.78 is 2.17. The number of imidazole rings is 1. The largest absolute Gasteiger partial charge is 0.298 e. The van der Waals surface area contributed by atoms with Crippen LogP contribution in [0.15, 0.2) is 128 Å². The molecule has 174 valence electrons. The van der Waals surface area contributed by atoms with Crippen molar-refractivity contribution in [3.63, 3.8) is 0 Å². The predicted octanol–water partition coefficient (Wildman–Crippen LogP) is 7.34. The van der Waals surface area contributed by atoms with Gasteiger partial charge in [-0.1, -0.05) is 60.7 Å². The number of fused-ring (bicyclic) bond motifs is 3. The molecule has 37 heavy (non-hydrogen) atoms. The average molecular weight is 476 g/mol. The molecule has 0 atom stereocenters. The zero-order chi connectivity index (χ0) is 24.6. The van der Waals surface area contributed by atoms with Crippen molar-refractivity contribution in [3.05, 3.63) is 128 Å². The van der Waals surface area contributed by atoms with Crippen molar-refractivity contribution < 1.29 is 0 Å². The minimum Gasteiger partial charge on any atom is -0.298 e. The van der Waals surface area contributed by atoms with Crippen LogP contribution in [0.4, 0.5) is 0 Å². The Balaban J connectivity index is 1.37. The van der Waals surface area contributed by atoms with Crippen molar-refractivity contribution in [1.29, 1.82) is 0 Å². The number of nitrogens with zero attached hydrogens (tertiary/aromatic N) is 5. The molecule has 5 heterocycles. The molecule has 5 nitrogen and oxygen atoms in total. The Hall–Kier alpha value is -5.16. The predicted molar refractivity (Wildman–Crippen MR) is 148 cm³/mol. The first kappa shape index (κ1) is 21.1. The van der Waals surface area contributed by atoms with Gasteiger partial charge in [-0.2, -0.15) is 0 Å². The van der Waals surface area contributed by atoms with Crippen molar-refractivity contribution >= 4 is 16.4 Å². The van der Waals surface area contributed by atoms with Crippen LogP contribution in [0.2, 0.25) is 0 Å². The first-order chi connectivity index (χ1) is 18.3. The molecule has 0 aliphatic rings. The quantitative estimate of drug-likeness (QED) is 0.267. The van der Waals surface area contributed by atoms with Crippen LogP contribution in [0, 0.1) is 0 Å². The number of rotatable bonds is 4. The molecule has 0 aliphatic carbocycles. The zero-order valence-corrected chi connectivity index (χ0v) is 19.9. The summed E-state index contributed by atoms with van der Waals surface area (Å²) in [5.74, 6) is 0. The van der Waals surface area contributed by atoms with Gasteiger partial charge in [-0.3, -0.25) is 19.4 Å². The van der Waals surface area contributed by atoms with E-state index in [0.717, 1.165) is 61.6 Å². The lowest BCUT2D eigenvalue weighted by Gasteiger charge is -2.09. The van der Waals surface area contributed by atoms with Crippen LogP contribution in [0.5, 0.6) is 0 Å². The molecule has 0 unspecified atom stereocenters. The highest BCUT2D eigenvalue weighted by molar-refractivity contribution is 5.97. The van der Waals surface area contributed by atoms with E-state index in [1.165, 1.54) is 0 Å². The lowest BCUT2D eigenvalue weighted by atomic mass is 10.0. The summed E-state index contributed by atoms with van der Waals surface area (Å²) in [5.41, 5.74) is 8.66. The normalized spacial score (nSPS) is 11.2. The molecule has 0 fully saturated rings. The van der Waals surface area contributed by atoms with Gasteiger partial charge in [-0.15, -0.1) is 0 Å². The molecule has 0 saturated carbocycles. The molecule has 7 aromatic rings. The van der Waals surface area contributed by atoms with Gasteiger partial charge in [-0.25, -0.2) is 4.98 Å². The standard InChI is InChI=1S/C32H21N5/c1-2-8-26-23(7-1)16-20-37-31(30(36-32(26)37)28-10-4-6-18-34-28)24-13-11-22(12-14-24)25-15-19-35-29(21-25)27-9-3-5-17-33-27/h1-21H. The summed E-state index contributed by atoms with van der Waals surface area (Å²) in [5, 5.41) is 2.28. The Kier molecular flexibility index (Phi) is 5.03. The second kappa shape index (κ2) is 8.81. The van der Waals surface area contributed by atoms with Gasteiger partial charge in [-0.05, 0) is 59.0 Å². The molecule has 0 N–H and O–H groups in total. The summed E-state index contributed by atoms with van der Waals surface area (Å²) in [6, 6.07) is 35.0. The smallest absolute Gasteiger partial charge is 0.145 e. The lowest BCUT2D eigenvalue weighted by molar-refractivity contribution is 1.21. The minimum absolute atomic E-state index is 0.850. The molecular formula is C32H21N5. The van der Waals surface area contributed by atoms with E-state index in [0.29, 0.717) is 0 Å². The van der Waals surface area contributed by atoms with E-state index in [4.69, 9.17) is 4.98 Å². The molecule has 0 amide bonds. The number of hydrogen-bond acceptors (Lipinski definition) is 4. The van der Waals surface area contributed by atoms with Crippen molar-refractivity contribution in [2.24, 2.45) is 0 Å². The van der Waals surface area contributed by atoms with E-state index >= 15 is 0 Å². The van der Waals surface area contributed by atoms with Gasteiger partial charge < -0.3 is 0 Å². The SMILES string of the molecule is c1ccc(-c2cc(-c3ccc(-c4c(-c5ccccn5)nc5c6ccccc6ccn45)cc3)ccn2)nc1. The fraction of sp³-hybridized carbons (Fsp3) is 0. The molecule has 0 saturated heterocycles. The topological polar surface area (TPSA) is 56.0 Å². The zero-order valence-electron chi connectivity index (χ0n) is 19.9. The molecule has 2 aromatic carbocycles. The summed E-state index contributed by atoms with van der Waals surface area (Å²) in [6.45, 7) is 0. The van der Waals surface area contributed by atoms with Gasteiger partial charge >= 0.3 is 0 Å². The molecule has 0 aliphatic heterocycles. The third kappa shape index (κ3) is 3.74. The maximum Gasteiger partial charge on any atom is 0.145 e. The Bertz CT molecular complexity index is 1860.